The van der Waals surface area contributed by atoms with Crippen LogP contribution in [0.3, 0.4) is 0 Å². The lowest BCUT2D eigenvalue weighted by molar-refractivity contribution is -0.385. The van der Waals surface area contributed by atoms with E-state index in [1.807, 2.05) is 13.0 Å². The predicted octanol–water partition coefficient (Wildman–Crippen LogP) is 3.38. The Morgan fingerprint density at radius 1 is 1.08 bits per heavy atom. The first-order valence-corrected chi connectivity index (χ1v) is 11.6. The van der Waals surface area contributed by atoms with Crippen LogP contribution >= 0.6 is 0 Å². The fourth-order valence-electron chi connectivity index (χ4n) is 3.87. The van der Waals surface area contributed by atoms with Gasteiger partial charge in [-0.3, -0.25) is 34.9 Å². The first-order valence-electron chi connectivity index (χ1n) is 11.6. The number of nitrogens with one attached hydrogen (secondary N) is 1. The zero-order valence-electron chi connectivity index (χ0n) is 20.8. The maximum atomic E-state index is 13.1. The van der Waals surface area contributed by atoms with Crippen molar-refractivity contribution in [3.8, 4) is 23.4 Å². The molecule has 2 heterocycles. The number of benzene rings is 2. The van der Waals surface area contributed by atoms with Crippen molar-refractivity contribution in [2.75, 3.05) is 16.8 Å². The second-order valence-corrected chi connectivity index (χ2v) is 8.55. The van der Waals surface area contributed by atoms with E-state index in [4.69, 9.17) is 25.7 Å². The van der Waals surface area contributed by atoms with Gasteiger partial charge in [0.2, 0.25) is 5.88 Å². The van der Waals surface area contributed by atoms with Crippen LogP contribution in [0, 0.1) is 38.5 Å². The van der Waals surface area contributed by atoms with E-state index < -0.39 is 21.5 Å². The summed E-state index contributed by atoms with van der Waals surface area (Å²) in [6.45, 7) is 3.61. The van der Waals surface area contributed by atoms with Crippen LogP contribution in [0.2, 0.25) is 0 Å². The lowest BCUT2D eigenvalue weighted by Crippen LogP contribution is -2.52. The van der Waals surface area contributed by atoms with Crippen LogP contribution in [0.1, 0.15) is 30.9 Å². The summed E-state index contributed by atoms with van der Waals surface area (Å²) >= 11 is 0. The number of nitrogen functional groups attached to an aromatic ring is 2. The Morgan fingerprint density at radius 3 is 2.08 bits per heavy atom. The molecule has 0 unspecified atom stereocenters. The maximum Gasteiger partial charge on any atom is 0.519 e. The number of non-ortho nitro benzene ring substituents is 2. The molecular weight excluding hydrogens is 514 g/mol. The topological polar surface area (TPSA) is 224 Å². The summed E-state index contributed by atoms with van der Waals surface area (Å²) in [6.07, 6.45) is -1.13. The Labute approximate surface area is 220 Å². The number of hydrogen-bond acceptors (Lipinski definition) is 12. The average molecular weight is 537 g/mol. The van der Waals surface area contributed by atoms with Gasteiger partial charge in [0.05, 0.1) is 33.4 Å². The van der Waals surface area contributed by atoms with Gasteiger partial charge in [-0.25, -0.2) is 0 Å². The zero-order chi connectivity index (χ0) is 28.5. The normalized spacial score (nSPS) is 12.9. The molecule has 15 heteroatoms. The third-order valence-corrected chi connectivity index (χ3v) is 5.93. The smallest absolute Gasteiger partial charge is 0.400 e. The largest absolute Gasteiger partial charge is 0.519 e. The highest BCUT2D eigenvalue weighted by Gasteiger charge is 2.49. The number of nitro benzene ring substituents is 2. The van der Waals surface area contributed by atoms with E-state index in [9.17, 15) is 30.3 Å². The van der Waals surface area contributed by atoms with E-state index in [2.05, 4.69) is 5.32 Å². The van der Waals surface area contributed by atoms with Crippen LogP contribution in [0.4, 0.5) is 28.4 Å². The van der Waals surface area contributed by atoms with Crippen LogP contribution in [-0.4, -0.2) is 20.5 Å². The van der Waals surface area contributed by atoms with Crippen LogP contribution < -0.4 is 36.6 Å². The van der Waals surface area contributed by atoms with Gasteiger partial charge in [-0.1, -0.05) is 13.3 Å². The van der Waals surface area contributed by atoms with Gasteiger partial charge < -0.3 is 25.7 Å². The predicted molar refractivity (Wildman–Crippen MR) is 138 cm³/mol. The highest BCUT2D eigenvalue weighted by Crippen LogP contribution is 2.43. The molecule has 0 saturated carbocycles. The van der Waals surface area contributed by atoms with Crippen molar-refractivity contribution >= 4 is 28.4 Å². The van der Waals surface area contributed by atoms with Crippen LogP contribution in [0.15, 0.2) is 41.2 Å². The molecule has 0 bridgehead atoms. The van der Waals surface area contributed by atoms with Gasteiger partial charge in [-0.05, 0) is 25.5 Å². The van der Waals surface area contributed by atoms with Crippen molar-refractivity contribution in [1.29, 1.82) is 5.26 Å². The molecule has 15 nitrogen and oxygen atoms in total. The molecule has 0 saturated heterocycles. The Morgan fingerprint density at radius 2 is 1.62 bits per heavy atom. The molecule has 0 radical (unpaired) electrons. The van der Waals surface area contributed by atoms with Gasteiger partial charge in [0.15, 0.2) is 11.5 Å². The van der Waals surface area contributed by atoms with E-state index in [0.717, 1.165) is 30.7 Å². The Balaban J connectivity index is 1.91. The number of pyridine rings is 1. The Kier molecular flexibility index (Phi) is 6.87. The van der Waals surface area contributed by atoms with Gasteiger partial charge in [0.1, 0.15) is 17.3 Å². The van der Waals surface area contributed by atoms with Crippen molar-refractivity contribution in [2.24, 2.45) is 0 Å². The Hall–Kier alpha value is -5.52. The van der Waals surface area contributed by atoms with E-state index in [1.54, 1.807) is 0 Å². The Bertz CT molecular complexity index is 1530. The number of ether oxygens (including phenoxy) is 3. The molecule has 0 aliphatic carbocycles. The highest BCUT2D eigenvalue weighted by molar-refractivity contribution is 5.68. The minimum Gasteiger partial charge on any atom is -0.400 e. The molecule has 39 heavy (non-hydrogen) atoms. The summed E-state index contributed by atoms with van der Waals surface area (Å²) in [5.74, 6) is -0.527. The summed E-state index contributed by atoms with van der Waals surface area (Å²) in [5.41, 5.74) is 10.9. The number of nitrogens with two attached hydrogens (primary N) is 2. The molecule has 3 aromatic rings. The molecule has 0 atom stereocenters. The number of unbranched alkanes of at least 4 members (excludes halogenated alkanes) is 1. The number of fused-ring (bicyclic) bond motifs is 1. The average Bonchev–Trinajstić information content (AvgIpc) is 3.26. The third kappa shape index (κ3) is 4.90. The minimum atomic E-state index is -2.41. The second-order valence-electron chi connectivity index (χ2n) is 8.55. The zero-order valence-corrected chi connectivity index (χ0v) is 20.8. The lowest BCUT2D eigenvalue weighted by atomic mass is 10.1. The second kappa shape index (κ2) is 10.1. The van der Waals surface area contributed by atoms with Crippen molar-refractivity contribution in [3.63, 3.8) is 0 Å². The third-order valence-electron chi connectivity index (χ3n) is 5.93. The first-order chi connectivity index (χ1) is 18.5. The minimum absolute atomic E-state index is 0.0326. The number of nitrogens with zero attached hydrogens (tertiary/aromatic N) is 4. The molecule has 0 amide bonds. The van der Waals surface area contributed by atoms with E-state index in [1.165, 1.54) is 23.6 Å². The molecule has 0 fully saturated rings. The van der Waals surface area contributed by atoms with Crippen LogP contribution in [0.5, 0.6) is 17.4 Å². The number of nitriles is 1. The monoisotopic (exact) mass is 537 g/mol. The van der Waals surface area contributed by atoms with Gasteiger partial charge in [0.25, 0.3) is 16.9 Å². The van der Waals surface area contributed by atoms with E-state index >= 15 is 0 Å². The van der Waals surface area contributed by atoms with E-state index in [-0.39, 0.29) is 63.5 Å². The van der Waals surface area contributed by atoms with Crippen LogP contribution in [0.25, 0.3) is 0 Å². The summed E-state index contributed by atoms with van der Waals surface area (Å²) < 4.78 is 19.2. The molecule has 1 aliphatic rings. The summed E-state index contributed by atoms with van der Waals surface area (Å²) in [7, 11) is 0. The quantitative estimate of drug-likeness (QED) is 0.154. The molecular formula is C24H23N7O8. The lowest BCUT2D eigenvalue weighted by Gasteiger charge is -2.29. The summed E-state index contributed by atoms with van der Waals surface area (Å²) in [6, 6.07) is 8.76. The van der Waals surface area contributed by atoms with Gasteiger partial charge >= 0.3 is 6.10 Å². The number of rotatable bonds is 9. The standard InChI is InChI=1S/C24H23N7O8/c1-3-4-9-29-22(32)16(12-25)13(2)21-23(29)39-24(28-21,37-19-10-14(30(33)34)5-7-17(19)26)38-20-11-15(31(35)36)6-8-18(20)27/h5-8,10-11,28H,3-4,9,26-27H2,1-2H3. The van der Waals surface area contributed by atoms with E-state index in [0.29, 0.717) is 6.42 Å². The molecule has 0 spiro atoms. The highest BCUT2D eigenvalue weighted by atomic mass is 16.9. The number of hydrogen-bond donors (Lipinski definition) is 3. The summed E-state index contributed by atoms with van der Waals surface area (Å²) in [5, 5.41) is 35.3. The first kappa shape index (κ1) is 26.5. The van der Waals surface area contributed by atoms with Crippen molar-refractivity contribution < 1.29 is 24.1 Å². The molecule has 2 aromatic carbocycles. The van der Waals surface area contributed by atoms with Crippen molar-refractivity contribution in [3.05, 3.63) is 78.1 Å². The number of nitro groups is 2. The molecule has 5 N–H and O–H groups in total. The van der Waals surface area contributed by atoms with Crippen molar-refractivity contribution in [2.45, 2.75) is 39.3 Å². The molecule has 1 aromatic heterocycles. The molecule has 1 aliphatic heterocycles. The number of anilines is 3. The fraction of sp³-hybridized carbons (Fsp3) is 0.250. The molecule has 4 rings (SSSR count). The molecule has 202 valence electrons. The fourth-order valence-corrected chi connectivity index (χ4v) is 3.87. The summed E-state index contributed by atoms with van der Waals surface area (Å²) in [4.78, 5) is 34.5. The van der Waals surface area contributed by atoms with Gasteiger partial charge in [0, 0.05) is 24.2 Å². The van der Waals surface area contributed by atoms with Crippen LogP contribution in [-0.2, 0) is 6.54 Å². The van der Waals surface area contributed by atoms with Gasteiger partial charge in [-0.15, -0.1) is 0 Å². The maximum absolute atomic E-state index is 13.1. The van der Waals surface area contributed by atoms with Gasteiger partial charge in [-0.2, -0.15) is 5.26 Å². The van der Waals surface area contributed by atoms with Crippen molar-refractivity contribution in [1.82, 2.24) is 4.57 Å². The number of aromatic nitrogens is 1. The SMILES string of the molecule is CCCCn1c2c(c(C)c(C#N)c1=O)NC(Oc1cc([N+](=O)[O-])ccc1N)(Oc1cc([N+](=O)[O-])ccc1N)O2.